The number of aromatic nitrogens is 1. The number of nitriles is 1. The summed E-state index contributed by atoms with van der Waals surface area (Å²) in [6, 6.07) is 2.28. The van der Waals surface area contributed by atoms with Crippen molar-refractivity contribution in [2.75, 3.05) is 0 Å². The first-order valence-corrected chi connectivity index (χ1v) is 7.98. The molecule has 1 fully saturated rings. The number of thiol groups is 1. The summed E-state index contributed by atoms with van der Waals surface area (Å²) in [4.78, 5) is 17.0. The molecule has 0 aromatic carbocycles. The third-order valence-corrected chi connectivity index (χ3v) is 5.65. The van der Waals surface area contributed by atoms with E-state index in [4.69, 9.17) is 0 Å². The van der Waals surface area contributed by atoms with Crippen LogP contribution in [0.15, 0.2) is 16.0 Å². The maximum Gasteiger partial charge on any atom is 0.235 e. The molecule has 1 spiro atoms. The van der Waals surface area contributed by atoms with E-state index in [2.05, 4.69) is 29.0 Å². The van der Waals surface area contributed by atoms with Gasteiger partial charge in [-0.2, -0.15) is 5.26 Å². The van der Waals surface area contributed by atoms with Crippen LogP contribution >= 0.6 is 24.0 Å². The van der Waals surface area contributed by atoms with Crippen LogP contribution in [0.1, 0.15) is 42.3 Å². The van der Waals surface area contributed by atoms with Gasteiger partial charge < -0.3 is 5.32 Å². The molecule has 0 saturated heterocycles. The maximum absolute atomic E-state index is 12.5. The molecule has 104 valence electrons. The molecule has 4 nitrogen and oxygen atoms in total. The van der Waals surface area contributed by atoms with Crippen molar-refractivity contribution >= 4 is 29.9 Å². The van der Waals surface area contributed by atoms with Gasteiger partial charge in [0.2, 0.25) is 5.91 Å². The van der Waals surface area contributed by atoms with Gasteiger partial charge in [-0.3, -0.25) is 4.79 Å². The maximum atomic E-state index is 12.5. The smallest absolute Gasteiger partial charge is 0.235 e. The van der Waals surface area contributed by atoms with E-state index in [1.54, 1.807) is 0 Å². The van der Waals surface area contributed by atoms with Crippen molar-refractivity contribution in [1.29, 1.82) is 5.26 Å². The van der Waals surface area contributed by atoms with E-state index in [0.29, 0.717) is 10.6 Å². The first-order valence-electron chi connectivity index (χ1n) is 6.65. The molecule has 1 aliphatic carbocycles. The molecule has 1 aromatic rings. The summed E-state index contributed by atoms with van der Waals surface area (Å²) in [7, 11) is 0. The molecule has 1 saturated carbocycles. The van der Waals surface area contributed by atoms with E-state index in [-0.39, 0.29) is 11.8 Å². The number of amides is 1. The molecule has 1 aliphatic heterocycles. The third kappa shape index (κ3) is 1.88. The Morgan fingerprint density at radius 2 is 2.25 bits per heavy atom. The second kappa shape index (κ2) is 4.90. The van der Waals surface area contributed by atoms with Gasteiger partial charge >= 0.3 is 0 Å². The van der Waals surface area contributed by atoms with Gasteiger partial charge in [-0.1, -0.05) is 12.8 Å². The predicted molar refractivity (Wildman–Crippen MR) is 80.3 cm³/mol. The number of nitrogens with one attached hydrogen (secondary N) is 1. The van der Waals surface area contributed by atoms with Crippen LogP contribution in [0.25, 0.3) is 0 Å². The second-order valence-electron chi connectivity index (χ2n) is 5.45. The lowest BCUT2D eigenvalue weighted by atomic mass is 9.67. The van der Waals surface area contributed by atoms with Gasteiger partial charge in [0.15, 0.2) is 0 Å². The number of aryl methyl sites for hydroxylation is 1. The van der Waals surface area contributed by atoms with Crippen LogP contribution in [-0.4, -0.2) is 10.9 Å². The second-order valence-corrected chi connectivity index (χ2v) is 6.78. The largest absolute Gasteiger partial charge is 0.319 e. The van der Waals surface area contributed by atoms with Gasteiger partial charge in [-0.05, 0) is 19.8 Å². The summed E-state index contributed by atoms with van der Waals surface area (Å²) in [5, 5.41) is 15.4. The molecular formula is C14H15N3OS2. The van der Waals surface area contributed by atoms with E-state index in [9.17, 15) is 10.1 Å². The first kappa shape index (κ1) is 13.7. The van der Waals surface area contributed by atoms with Crippen molar-refractivity contribution in [3.63, 3.8) is 0 Å². The van der Waals surface area contributed by atoms with E-state index < -0.39 is 5.41 Å². The van der Waals surface area contributed by atoms with Crippen LogP contribution in [0.3, 0.4) is 0 Å². The fourth-order valence-corrected chi connectivity index (χ4v) is 4.84. The number of rotatable bonds is 1. The Morgan fingerprint density at radius 1 is 1.55 bits per heavy atom. The van der Waals surface area contributed by atoms with Gasteiger partial charge in [0.25, 0.3) is 0 Å². The molecule has 1 unspecified atom stereocenters. The number of carbonyl (C=O) groups is 1. The molecule has 0 bridgehead atoms. The van der Waals surface area contributed by atoms with Crippen molar-refractivity contribution in [2.24, 2.45) is 5.41 Å². The number of hydrogen-bond donors (Lipinski definition) is 2. The van der Waals surface area contributed by atoms with Crippen molar-refractivity contribution in [3.8, 4) is 6.07 Å². The van der Waals surface area contributed by atoms with Crippen molar-refractivity contribution in [1.82, 2.24) is 10.3 Å². The fraction of sp³-hybridized carbons (Fsp3) is 0.500. The Labute approximate surface area is 127 Å². The summed E-state index contributed by atoms with van der Waals surface area (Å²) in [5.41, 5.74) is 1.14. The molecule has 1 amide bonds. The number of hydrogen-bond acceptors (Lipinski definition) is 5. The predicted octanol–water partition coefficient (Wildman–Crippen LogP) is 2.89. The SMILES string of the molecule is Cc1csc(C2C(=O)NC(S)=C(C#N)C23CCCC3)n1. The molecule has 1 atom stereocenters. The van der Waals surface area contributed by atoms with Crippen LogP contribution in [0.2, 0.25) is 0 Å². The standard InChI is InChI=1S/C14H15N3OS2/c1-8-7-20-13(16-8)10-11(18)17-12(19)9(6-15)14(10)4-2-3-5-14/h7,10,19H,2-5H2,1H3,(H,17,18). The van der Waals surface area contributed by atoms with Gasteiger partial charge in [-0.15, -0.1) is 24.0 Å². The van der Waals surface area contributed by atoms with Gasteiger partial charge in [-0.25, -0.2) is 4.98 Å². The number of nitrogens with zero attached hydrogens (tertiary/aromatic N) is 2. The summed E-state index contributed by atoms with van der Waals surface area (Å²) in [6.45, 7) is 1.92. The fourth-order valence-electron chi connectivity index (χ4n) is 3.44. The highest BCUT2D eigenvalue weighted by molar-refractivity contribution is 7.84. The first-order chi connectivity index (χ1) is 9.58. The summed E-state index contributed by atoms with van der Waals surface area (Å²) in [5.74, 6) is -0.431. The zero-order valence-corrected chi connectivity index (χ0v) is 12.9. The van der Waals surface area contributed by atoms with Gasteiger partial charge in [0, 0.05) is 16.5 Å². The Morgan fingerprint density at radius 3 is 2.80 bits per heavy atom. The quantitative estimate of drug-likeness (QED) is 0.784. The van der Waals surface area contributed by atoms with Crippen LogP contribution in [0.4, 0.5) is 0 Å². The molecule has 1 aromatic heterocycles. The molecule has 6 heteroatoms. The van der Waals surface area contributed by atoms with E-state index in [0.717, 1.165) is 36.4 Å². The Kier molecular flexibility index (Phi) is 3.35. The molecule has 1 N–H and O–H groups in total. The van der Waals surface area contributed by atoms with Crippen LogP contribution in [-0.2, 0) is 4.79 Å². The Balaban J connectivity index is 2.17. The molecule has 20 heavy (non-hydrogen) atoms. The number of thiazole rings is 1. The minimum atomic E-state index is -0.404. The van der Waals surface area contributed by atoms with Crippen molar-refractivity contribution in [2.45, 2.75) is 38.5 Å². The Bertz CT molecular complexity index is 635. The zero-order chi connectivity index (χ0) is 14.3. The molecule has 3 rings (SSSR count). The number of allylic oxidation sites excluding steroid dienone is 1. The lowest BCUT2D eigenvalue weighted by Gasteiger charge is -2.39. The van der Waals surface area contributed by atoms with E-state index in [1.807, 2.05) is 12.3 Å². The zero-order valence-electron chi connectivity index (χ0n) is 11.1. The Hall–Kier alpha value is -1.32. The monoisotopic (exact) mass is 305 g/mol. The lowest BCUT2D eigenvalue weighted by molar-refractivity contribution is -0.124. The van der Waals surface area contributed by atoms with Gasteiger partial charge in [0.05, 0.1) is 16.7 Å². The summed E-state index contributed by atoms with van der Waals surface area (Å²) < 4.78 is 0. The highest BCUT2D eigenvalue weighted by Gasteiger charge is 2.53. The highest BCUT2D eigenvalue weighted by Crippen LogP contribution is 2.56. The van der Waals surface area contributed by atoms with Crippen LogP contribution in [0.5, 0.6) is 0 Å². The van der Waals surface area contributed by atoms with E-state index >= 15 is 0 Å². The highest BCUT2D eigenvalue weighted by atomic mass is 32.1. The van der Waals surface area contributed by atoms with E-state index in [1.165, 1.54) is 11.3 Å². The summed E-state index contributed by atoms with van der Waals surface area (Å²) >= 11 is 5.82. The van der Waals surface area contributed by atoms with Crippen LogP contribution < -0.4 is 5.32 Å². The molecule has 0 radical (unpaired) electrons. The lowest BCUT2D eigenvalue weighted by Crippen LogP contribution is -2.44. The molecular weight excluding hydrogens is 290 g/mol. The molecule has 2 heterocycles. The normalized spacial score (nSPS) is 24.9. The van der Waals surface area contributed by atoms with Crippen LogP contribution in [0, 0.1) is 23.7 Å². The average molecular weight is 305 g/mol. The molecule has 2 aliphatic rings. The topological polar surface area (TPSA) is 65.8 Å². The third-order valence-electron chi connectivity index (χ3n) is 4.28. The van der Waals surface area contributed by atoms with Crippen molar-refractivity contribution < 1.29 is 4.79 Å². The van der Waals surface area contributed by atoms with Crippen molar-refractivity contribution in [3.05, 3.63) is 26.7 Å². The number of carbonyl (C=O) groups excluding carboxylic acids is 1. The minimum absolute atomic E-state index is 0.0785. The average Bonchev–Trinajstić information content (AvgIpc) is 3.00. The summed E-state index contributed by atoms with van der Waals surface area (Å²) in [6.07, 6.45) is 3.80. The van der Waals surface area contributed by atoms with Gasteiger partial charge in [0.1, 0.15) is 10.9 Å². The minimum Gasteiger partial charge on any atom is -0.319 e.